The Morgan fingerprint density at radius 3 is 2.80 bits per heavy atom. The smallest absolute Gasteiger partial charge is 0.270 e. The van der Waals surface area contributed by atoms with Crippen molar-refractivity contribution in [1.82, 2.24) is 15.2 Å². The summed E-state index contributed by atoms with van der Waals surface area (Å²) in [6, 6.07) is -0.115. The van der Waals surface area contributed by atoms with Gasteiger partial charge in [-0.15, -0.1) is 11.3 Å². The minimum atomic E-state index is -0.115. The molecule has 2 unspecified atom stereocenters. The third kappa shape index (κ3) is 4.26. The zero-order valence-corrected chi connectivity index (χ0v) is 13.1. The number of hydrogen-bond acceptors (Lipinski definition) is 5. The van der Waals surface area contributed by atoms with E-state index in [1.54, 1.807) is 5.38 Å². The van der Waals surface area contributed by atoms with Gasteiger partial charge in [-0.2, -0.15) is 0 Å². The highest BCUT2D eigenvalue weighted by atomic mass is 32.1. The molecular weight excluding hydrogens is 272 g/mol. The number of aromatic nitrogens is 1. The average Bonchev–Trinajstić information content (AvgIpc) is 3.06. The fourth-order valence-electron chi connectivity index (χ4n) is 2.43. The van der Waals surface area contributed by atoms with Gasteiger partial charge in [0.2, 0.25) is 0 Å². The van der Waals surface area contributed by atoms with Crippen molar-refractivity contribution in [2.24, 2.45) is 11.7 Å². The van der Waals surface area contributed by atoms with Gasteiger partial charge in [-0.1, -0.05) is 6.92 Å². The Labute approximate surface area is 124 Å². The summed E-state index contributed by atoms with van der Waals surface area (Å²) in [5.74, 6) is 0.366. The largest absolute Gasteiger partial charge is 0.350 e. The van der Waals surface area contributed by atoms with Gasteiger partial charge in [0.1, 0.15) is 10.7 Å². The summed E-state index contributed by atoms with van der Waals surface area (Å²) in [6.07, 6.45) is 2.61. The normalized spacial score (nSPS) is 18.9. The molecule has 2 heterocycles. The van der Waals surface area contributed by atoms with E-state index in [1.807, 2.05) is 6.92 Å². The van der Waals surface area contributed by atoms with Crippen molar-refractivity contribution in [1.29, 1.82) is 0 Å². The summed E-state index contributed by atoms with van der Waals surface area (Å²) in [5, 5.41) is 5.55. The second-order valence-corrected chi connectivity index (χ2v) is 6.57. The maximum atomic E-state index is 12.0. The van der Waals surface area contributed by atoms with E-state index in [0.29, 0.717) is 18.2 Å². The number of nitrogens with two attached hydrogens (primary N) is 1. The van der Waals surface area contributed by atoms with E-state index in [0.717, 1.165) is 11.6 Å². The van der Waals surface area contributed by atoms with Crippen molar-refractivity contribution in [2.75, 3.05) is 26.2 Å². The average molecular weight is 296 g/mol. The van der Waals surface area contributed by atoms with Crippen LogP contribution in [0.15, 0.2) is 5.38 Å². The highest BCUT2D eigenvalue weighted by Crippen LogP contribution is 2.15. The molecule has 112 valence electrons. The van der Waals surface area contributed by atoms with Gasteiger partial charge in [0.15, 0.2) is 0 Å². The summed E-state index contributed by atoms with van der Waals surface area (Å²) in [5.41, 5.74) is 6.23. The standard InChI is InChI=1S/C14H24N4OS/c1-10(8-18-5-3-4-6-18)7-16-13(19)12-9-20-14(17-12)11(2)15/h9-11H,3-8,15H2,1-2H3,(H,16,19). The number of hydrogen-bond donors (Lipinski definition) is 2. The van der Waals surface area contributed by atoms with Crippen LogP contribution in [0, 0.1) is 5.92 Å². The van der Waals surface area contributed by atoms with Gasteiger partial charge in [-0.25, -0.2) is 4.98 Å². The first-order chi connectivity index (χ1) is 9.56. The molecule has 6 heteroatoms. The van der Waals surface area contributed by atoms with Crippen LogP contribution in [-0.4, -0.2) is 42.0 Å². The highest BCUT2D eigenvalue weighted by Gasteiger charge is 2.16. The maximum absolute atomic E-state index is 12.0. The lowest BCUT2D eigenvalue weighted by Gasteiger charge is -2.20. The molecule has 0 saturated carbocycles. The predicted octanol–water partition coefficient (Wildman–Crippen LogP) is 1.62. The van der Waals surface area contributed by atoms with E-state index in [4.69, 9.17) is 5.73 Å². The molecule has 0 radical (unpaired) electrons. The number of amides is 1. The molecule has 2 rings (SSSR count). The zero-order chi connectivity index (χ0) is 14.5. The number of likely N-dealkylation sites (tertiary alicyclic amines) is 1. The first-order valence-corrected chi connectivity index (χ1v) is 8.15. The van der Waals surface area contributed by atoms with Crippen LogP contribution in [0.1, 0.15) is 48.2 Å². The molecule has 5 nitrogen and oxygen atoms in total. The maximum Gasteiger partial charge on any atom is 0.270 e. The van der Waals surface area contributed by atoms with Crippen LogP contribution in [0.5, 0.6) is 0 Å². The van der Waals surface area contributed by atoms with Gasteiger partial charge in [0.25, 0.3) is 5.91 Å². The van der Waals surface area contributed by atoms with Crippen molar-refractivity contribution in [3.8, 4) is 0 Å². The second kappa shape index (κ2) is 7.15. The van der Waals surface area contributed by atoms with Crippen LogP contribution in [0.3, 0.4) is 0 Å². The Morgan fingerprint density at radius 1 is 1.50 bits per heavy atom. The topological polar surface area (TPSA) is 71.2 Å². The first kappa shape index (κ1) is 15.4. The molecule has 1 aromatic rings. The molecule has 1 saturated heterocycles. The highest BCUT2D eigenvalue weighted by molar-refractivity contribution is 7.09. The molecule has 20 heavy (non-hydrogen) atoms. The number of rotatable bonds is 6. The molecule has 1 amide bonds. The Hall–Kier alpha value is -0.980. The molecule has 0 bridgehead atoms. The molecule has 3 N–H and O–H groups in total. The van der Waals surface area contributed by atoms with Crippen LogP contribution in [0.25, 0.3) is 0 Å². The first-order valence-electron chi connectivity index (χ1n) is 7.28. The summed E-state index contributed by atoms with van der Waals surface area (Å²) in [4.78, 5) is 18.7. The molecule has 1 aliphatic rings. The molecule has 1 aromatic heterocycles. The Balaban J connectivity index is 1.75. The molecule has 1 fully saturated rings. The summed E-state index contributed by atoms with van der Waals surface area (Å²) < 4.78 is 0. The predicted molar refractivity (Wildman–Crippen MR) is 81.9 cm³/mol. The van der Waals surface area contributed by atoms with Crippen molar-refractivity contribution >= 4 is 17.2 Å². The van der Waals surface area contributed by atoms with Crippen LogP contribution in [-0.2, 0) is 0 Å². The molecule has 0 aromatic carbocycles. The number of nitrogens with one attached hydrogen (secondary N) is 1. The Bertz CT molecular complexity index is 440. The van der Waals surface area contributed by atoms with Gasteiger partial charge in [-0.05, 0) is 38.8 Å². The van der Waals surface area contributed by atoms with E-state index in [9.17, 15) is 4.79 Å². The van der Waals surface area contributed by atoms with Crippen LogP contribution >= 0.6 is 11.3 Å². The minimum Gasteiger partial charge on any atom is -0.350 e. The van der Waals surface area contributed by atoms with Crippen molar-refractivity contribution < 1.29 is 4.79 Å². The van der Waals surface area contributed by atoms with Gasteiger partial charge in [-0.3, -0.25) is 4.79 Å². The fourth-order valence-corrected chi connectivity index (χ4v) is 3.19. The van der Waals surface area contributed by atoms with Crippen LogP contribution in [0.2, 0.25) is 0 Å². The molecule has 0 spiro atoms. The summed E-state index contributed by atoms with van der Waals surface area (Å²) in [7, 11) is 0. The van der Waals surface area contributed by atoms with Gasteiger partial charge in [0.05, 0.1) is 6.04 Å². The lowest BCUT2D eigenvalue weighted by atomic mass is 10.1. The third-order valence-electron chi connectivity index (χ3n) is 3.52. The molecule has 1 aliphatic heterocycles. The monoisotopic (exact) mass is 296 g/mol. The van der Waals surface area contributed by atoms with Gasteiger partial charge in [0, 0.05) is 18.5 Å². The zero-order valence-electron chi connectivity index (χ0n) is 12.3. The van der Waals surface area contributed by atoms with E-state index in [-0.39, 0.29) is 11.9 Å². The minimum absolute atomic E-state index is 0.0959. The summed E-state index contributed by atoms with van der Waals surface area (Å²) in [6.45, 7) is 8.19. The third-order valence-corrected chi connectivity index (χ3v) is 4.57. The van der Waals surface area contributed by atoms with E-state index in [2.05, 4.69) is 22.1 Å². The fraction of sp³-hybridized carbons (Fsp3) is 0.714. The molecule has 0 aliphatic carbocycles. The van der Waals surface area contributed by atoms with E-state index in [1.165, 1.54) is 37.3 Å². The lowest BCUT2D eigenvalue weighted by molar-refractivity contribution is 0.0940. The lowest BCUT2D eigenvalue weighted by Crippen LogP contribution is -2.34. The summed E-state index contributed by atoms with van der Waals surface area (Å²) >= 11 is 1.44. The Morgan fingerprint density at radius 2 is 2.20 bits per heavy atom. The van der Waals surface area contributed by atoms with Crippen LogP contribution < -0.4 is 11.1 Å². The molecular formula is C14H24N4OS. The van der Waals surface area contributed by atoms with Crippen molar-refractivity contribution in [2.45, 2.75) is 32.7 Å². The number of thiazole rings is 1. The SMILES string of the molecule is CC(CNC(=O)c1csc(C(C)N)n1)CN1CCCC1. The van der Waals surface area contributed by atoms with Gasteiger partial charge < -0.3 is 16.0 Å². The number of carbonyl (C=O) groups excluding carboxylic acids is 1. The van der Waals surface area contributed by atoms with Gasteiger partial charge >= 0.3 is 0 Å². The van der Waals surface area contributed by atoms with Crippen molar-refractivity contribution in [3.63, 3.8) is 0 Å². The van der Waals surface area contributed by atoms with E-state index < -0.39 is 0 Å². The van der Waals surface area contributed by atoms with Crippen molar-refractivity contribution in [3.05, 3.63) is 16.1 Å². The number of carbonyl (C=O) groups is 1. The second-order valence-electron chi connectivity index (χ2n) is 5.68. The quantitative estimate of drug-likeness (QED) is 0.837. The van der Waals surface area contributed by atoms with Crippen LogP contribution in [0.4, 0.5) is 0 Å². The van der Waals surface area contributed by atoms with E-state index >= 15 is 0 Å². The molecule has 2 atom stereocenters. The Kier molecular flexibility index (Phi) is 5.51. The number of nitrogens with zero attached hydrogens (tertiary/aromatic N) is 2.